The average molecular weight is 228 g/mol. The van der Waals surface area contributed by atoms with E-state index in [4.69, 9.17) is 5.11 Å². The van der Waals surface area contributed by atoms with Gasteiger partial charge in [-0.05, 0) is 26.3 Å². The van der Waals surface area contributed by atoms with Crippen molar-refractivity contribution in [1.29, 1.82) is 0 Å². The Bertz CT molecular complexity index is 268. The highest BCUT2D eigenvalue weighted by molar-refractivity contribution is 5.78. The Morgan fingerprint density at radius 2 is 2.25 bits per heavy atom. The van der Waals surface area contributed by atoms with E-state index in [2.05, 4.69) is 5.32 Å². The number of hydrogen-bond acceptors (Lipinski definition) is 3. The molecule has 1 rings (SSSR count). The molecular weight excluding hydrogens is 208 g/mol. The van der Waals surface area contributed by atoms with Crippen LogP contribution in [0.15, 0.2) is 0 Å². The molecule has 0 aromatic heterocycles. The van der Waals surface area contributed by atoms with E-state index in [1.165, 1.54) is 0 Å². The summed E-state index contributed by atoms with van der Waals surface area (Å²) in [6, 6.07) is 0.186. The van der Waals surface area contributed by atoms with E-state index in [1.54, 1.807) is 0 Å². The van der Waals surface area contributed by atoms with Gasteiger partial charge in [0.25, 0.3) is 0 Å². The molecule has 2 atom stereocenters. The van der Waals surface area contributed by atoms with Crippen molar-refractivity contribution in [2.24, 2.45) is 5.92 Å². The molecule has 0 bridgehead atoms. The van der Waals surface area contributed by atoms with Gasteiger partial charge in [0.1, 0.15) is 0 Å². The summed E-state index contributed by atoms with van der Waals surface area (Å²) in [7, 11) is 0. The van der Waals surface area contributed by atoms with Crippen LogP contribution in [0, 0.1) is 5.92 Å². The van der Waals surface area contributed by atoms with Crippen LogP contribution in [0.2, 0.25) is 0 Å². The second-order valence-corrected chi connectivity index (χ2v) is 4.44. The van der Waals surface area contributed by atoms with Crippen LogP contribution in [0.4, 0.5) is 0 Å². The van der Waals surface area contributed by atoms with Crippen molar-refractivity contribution in [2.75, 3.05) is 19.6 Å². The fraction of sp³-hybridized carbons (Fsp3) is 0.818. The van der Waals surface area contributed by atoms with E-state index in [1.807, 2.05) is 18.7 Å². The van der Waals surface area contributed by atoms with Gasteiger partial charge in [-0.25, -0.2) is 0 Å². The number of carbonyl (C=O) groups is 2. The highest BCUT2D eigenvalue weighted by atomic mass is 16.4. The maximum atomic E-state index is 11.5. The van der Waals surface area contributed by atoms with E-state index in [0.29, 0.717) is 26.1 Å². The molecule has 92 valence electrons. The van der Waals surface area contributed by atoms with Crippen LogP contribution < -0.4 is 5.32 Å². The predicted octanol–water partition coefficient (Wildman–Crippen LogP) is 0.308. The monoisotopic (exact) mass is 228 g/mol. The molecular formula is C11H20N2O3. The molecule has 0 spiro atoms. The lowest BCUT2D eigenvalue weighted by Crippen LogP contribution is -2.40. The summed E-state index contributed by atoms with van der Waals surface area (Å²) in [5.41, 5.74) is 0. The van der Waals surface area contributed by atoms with E-state index in [0.717, 1.165) is 6.42 Å². The number of carboxylic acids is 1. The number of aliphatic carboxylic acids is 1. The van der Waals surface area contributed by atoms with Gasteiger partial charge in [0.15, 0.2) is 0 Å². The average Bonchev–Trinajstić information content (AvgIpc) is 2.65. The van der Waals surface area contributed by atoms with Crippen molar-refractivity contribution in [3.8, 4) is 0 Å². The van der Waals surface area contributed by atoms with Crippen molar-refractivity contribution < 1.29 is 14.7 Å². The summed E-state index contributed by atoms with van der Waals surface area (Å²) in [6.45, 7) is 5.48. The van der Waals surface area contributed by atoms with Gasteiger partial charge < -0.3 is 10.4 Å². The Hall–Kier alpha value is -1.10. The molecule has 1 amide bonds. The minimum Gasteiger partial charge on any atom is -0.481 e. The van der Waals surface area contributed by atoms with Gasteiger partial charge in [0.05, 0.1) is 12.5 Å². The zero-order valence-electron chi connectivity index (χ0n) is 9.90. The quantitative estimate of drug-likeness (QED) is 0.710. The summed E-state index contributed by atoms with van der Waals surface area (Å²) >= 11 is 0. The van der Waals surface area contributed by atoms with Gasteiger partial charge >= 0.3 is 5.97 Å². The van der Waals surface area contributed by atoms with Gasteiger partial charge in [-0.1, -0.05) is 6.92 Å². The molecule has 16 heavy (non-hydrogen) atoms. The van der Waals surface area contributed by atoms with Gasteiger partial charge in [-0.2, -0.15) is 0 Å². The first-order valence-electron chi connectivity index (χ1n) is 5.77. The van der Waals surface area contributed by atoms with Crippen molar-refractivity contribution in [3.63, 3.8) is 0 Å². The highest BCUT2D eigenvalue weighted by Gasteiger charge is 2.28. The number of nitrogens with zero attached hydrogens (tertiary/aromatic N) is 1. The van der Waals surface area contributed by atoms with Crippen LogP contribution in [0.25, 0.3) is 0 Å². The number of hydrogen-bond donors (Lipinski definition) is 2. The number of carbonyl (C=O) groups excluding carboxylic acids is 1. The highest BCUT2D eigenvalue weighted by Crippen LogP contribution is 2.15. The predicted molar refractivity (Wildman–Crippen MR) is 60.1 cm³/mol. The second-order valence-electron chi connectivity index (χ2n) is 4.44. The van der Waals surface area contributed by atoms with Gasteiger partial charge in [0, 0.05) is 12.6 Å². The zero-order valence-corrected chi connectivity index (χ0v) is 9.90. The fourth-order valence-corrected chi connectivity index (χ4v) is 1.80. The van der Waals surface area contributed by atoms with Crippen LogP contribution in [0.5, 0.6) is 0 Å². The van der Waals surface area contributed by atoms with Crippen LogP contribution in [-0.4, -0.2) is 47.6 Å². The molecule has 0 aliphatic carbocycles. The third-order valence-electron chi connectivity index (χ3n) is 3.01. The fourth-order valence-electron chi connectivity index (χ4n) is 1.80. The standard InChI is InChI=1S/C11H20N2O3/c1-3-8(2)12-10(14)7-13-5-4-9(6-13)11(15)16/h8-9H,3-7H2,1-2H3,(H,12,14)(H,15,16)/t8-,9-/m1/s1. The molecule has 1 aliphatic rings. The van der Waals surface area contributed by atoms with Crippen molar-refractivity contribution >= 4 is 11.9 Å². The molecule has 2 N–H and O–H groups in total. The smallest absolute Gasteiger partial charge is 0.307 e. The number of amides is 1. The summed E-state index contributed by atoms with van der Waals surface area (Å²) in [5.74, 6) is -1.08. The van der Waals surface area contributed by atoms with Crippen molar-refractivity contribution in [1.82, 2.24) is 10.2 Å². The molecule has 5 nitrogen and oxygen atoms in total. The van der Waals surface area contributed by atoms with Crippen LogP contribution >= 0.6 is 0 Å². The maximum absolute atomic E-state index is 11.5. The molecule has 1 aliphatic heterocycles. The molecule has 1 saturated heterocycles. The van der Waals surface area contributed by atoms with Crippen LogP contribution in [0.3, 0.4) is 0 Å². The molecule has 0 radical (unpaired) electrons. The Labute approximate surface area is 95.8 Å². The largest absolute Gasteiger partial charge is 0.481 e. The molecule has 0 aromatic carbocycles. The second kappa shape index (κ2) is 5.84. The first-order chi connectivity index (χ1) is 7.52. The minimum atomic E-state index is -0.759. The SMILES string of the molecule is CC[C@@H](C)NC(=O)CN1CC[C@@H](C(=O)O)C1. The van der Waals surface area contributed by atoms with Gasteiger partial charge in [0.2, 0.25) is 5.91 Å². The molecule has 0 aromatic rings. The van der Waals surface area contributed by atoms with E-state index in [9.17, 15) is 9.59 Å². The Morgan fingerprint density at radius 3 is 2.75 bits per heavy atom. The van der Waals surface area contributed by atoms with E-state index < -0.39 is 5.97 Å². The summed E-state index contributed by atoms with van der Waals surface area (Å²) in [5, 5.41) is 11.7. The van der Waals surface area contributed by atoms with Crippen molar-refractivity contribution in [2.45, 2.75) is 32.7 Å². The van der Waals surface area contributed by atoms with Crippen molar-refractivity contribution in [3.05, 3.63) is 0 Å². The normalized spacial score (nSPS) is 23.0. The maximum Gasteiger partial charge on any atom is 0.307 e. The van der Waals surface area contributed by atoms with Crippen LogP contribution in [-0.2, 0) is 9.59 Å². The molecule has 1 fully saturated rings. The lowest BCUT2D eigenvalue weighted by Gasteiger charge is -2.17. The van der Waals surface area contributed by atoms with Gasteiger partial charge in [-0.3, -0.25) is 14.5 Å². The summed E-state index contributed by atoms with van der Waals surface area (Å²) in [6.07, 6.45) is 1.55. The Balaban J connectivity index is 2.28. The number of carboxylic acid groups (broad SMARTS) is 1. The number of nitrogens with one attached hydrogen (secondary N) is 1. The molecule has 0 unspecified atom stereocenters. The number of likely N-dealkylation sites (tertiary alicyclic amines) is 1. The topological polar surface area (TPSA) is 69.6 Å². The summed E-state index contributed by atoms with van der Waals surface area (Å²) in [4.78, 5) is 24.2. The van der Waals surface area contributed by atoms with E-state index >= 15 is 0 Å². The van der Waals surface area contributed by atoms with Crippen LogP contribution in [0.1, 0.15) is 26.7 Å². The third kappa shape index (κ3) is 3.81. The molecule has 0 saturated carbocycles. The van der Waals surface area contributed by atoms with Gasteiger partial charge in [-0.15, -0.1) is 0 Å². The molecule has 5 heteroatoms. The Kier molecular flexibility index (Phi) is 4.73. The lowest BCUT2D eigenvalue weighted by atomic mass is 10.1. The minimum absolute atomic E-state index is 0.0135. The zero-order chi connectivity index (χ0) is 12.1. The first-order valence-corrected chi connectivity index (χ1v) is 5.77. The Morgan fingerprint density at radius 1 is 1.56 bits per heavy atom. The first kappa shape index (κ1) is 13.0. The van der Waals surface area contributed by atoms with E-state index in [-0.39, 0.29) is 17.9 Å². The number of rotatable bonds is 5. The molecule has 1 heterocycles. The lowest BCUT2D eigenvalue weighted by molar-refractivity contribution is -0.141. The third-order valence-corrected chi connectivity index (χ3v) is 3.01. The summed E-state index contributed by atoms with van der Waals surface area (Å²) < 4.78 is 0.